The number of hydrogen-bond acceptors (Lipinski definition) is 8. The minimum Gasteiger partial charge on any atom is -0.462 e. The van der Waals surface area contributed by atoms with Crippen molar-refractivity contribution in [2.45, 2.75) is 78.8 Å². The Morgan fingerprint density at radius 1 is 1.10 bits per heavy atom. The van der Waals surface area contributed by atoms with Gasteiger partial charge < -0.3 is 18.9 Å². The largest absolute Gasteiger partial charge is 0.462 e. The van der Waals surface area contributed by atoms with Crippen molar-refractivity contribution in [3.8, 4) is 0 Å². The highest BCUT2D eigenvalue weighted by atomic mass is 16.6. The van der Waals surface area contributed by atoms with E-state index in [1.165, 1.54) is 13.8 Å². The summed E-state index contributed by atoms with van der Waals surface area (Å²) in [6, 6.07) is 0. The number of carbonyl (C=O) groups is 4. The molecule has 0 aromatic heterocycles. The first-order valence-corrected chi connectivity index (χ1v) is 10.8. The average Bonchev–Trinajstić information content (AvgIpc) is 3.03. The molecule has 3 unspecified atom stereocenters. The molecular weight excluding hydrogens is 404 g/mol. The molecule has 1 saturated heterocycles. The zero-order valence-electron chi connectivity index (χ0n) is 19.0. The van der Waals surface area contributed by atoms with Gasteiger partial charge in [0.2, 0.25) is 0 Å². The minimum absolute atomic E-state index is 0.0673. The van der Waals surface area contributed by atoms with Crippen LogP contribution in [0.2, 0.25) is 0 Å². The Morgan fingerprint density at radius 2 is 1.71 bits per heavy atom. The summed E-state index contributed by atoms with van der Waals surface area (Å²) < 4.78 is 23.0. The lowest BCUT2D eigenvalue weighted by molar-refractivity contribution is -0.179. The second-order valence-electron chi connectivity index (χ2n) is 9.59. The van der Waals surface area contributed by atoms with Crippen LogP contribution in [-0.2, 0) is 38.1 Å². The van der Waals surface area contributed by atoms with Gasteiger partial charge >= 0.3 is 23.9 Å². The number of ether oxygens (including phenoxy) is 4. The van der Waals surface area contributed by atoms with Gasteiger partial charge in [0.1, 0.15) is 24.4 Å². The number of carbonyl (C=O) groups excluding carboxylic acids is 4. The number of esters is 4. The third-order valence-corrected chi connectivity index (χ3v) is 7.08. The molecule has 0 aromatic carbocycles. The highest BCUT2D eigenvalue weighted by Crippen LogP contribution is 2.59. The molecule has 8 nitrogen and oxygen atoms in total. The summed E-state index contributed by atoms with van der Waals surface area (Å²) in [7, 11) is 0. The fourth-order valence-electron chi connectivity index (χ4n) is 5.86. The van der Waals surface area contributed by atoms with Crippen LogP contribution in [0.15, 0.2) is 12.2 Å². The predicted octanol–water partition coefficient (Wildman–Crippen LogP) is 2.58. The number of hydrogen-bond donors (Lipinski definition) is 0. The molecule has 0 radical (unpaired) electrons. The highest BCUT2D eigenvalue weighted by molar-refractivity contribution is 5.91. The van der Waals surface area contributed by atoms with E-state index in [1.807, 2.05) is 13.8 Å². The summed E-state index contributed by atoms with van der Waals surface area (Å²) in [6.45, 7) is 13.9. The third-order valence-electron chi connectivity index (χ3n) is 7.08. The maximum Gasteiger partial charge on any atom is 0.334 e. The third kappa shape index (κ3) is 3.96. The Hall–Kier alpha value is -2.38. The molecule has 1 aliphatic heterocycles. The van der Waals surface area contributed by atoms with E-state index in [0.717, 1.165) is 0 Å². The van der Waals surface area contributed by atoms with Gasteiger partial charge in [-0.3, -0.25) is 14.4 Å². The first-order chi connectivity index (χ1) is 14.4. The number of fused-ring (bicyclic) bond motifs is 2. The Morgan fingerprint density at radius 3 is 2.26 bits per heavy atom. The van der Waals surface area contributed by atoms with Crippen LogP contribution >= 0.6 is 0 Å². The molecule has 2 aliphatic carbocycles. The van der Waals surface area contributed by atoms with Crippen molar-refractivity contribution < 1.29 is 38.1 Å². The lowest BCUT2D eigenvalue weighted by Crippen LogP contribution is -2.52. The summed E-state index contributed by atoms with van der Waals surface area (Å²) in [5.41, 5.74) is -0.663. The molecule has 0 N–H and O–H groups in total. The van der Waals surface area contributed by atoms with E-state index < -0.39 is 53.7 Å². The van der Waals surface area contributed by atoms with E-state index in [2.05, 4.69) is 6.58 Å². The topological polar surface area (TPSA) is 105 Å². The Labute approximate surface area is 182 Å². The summed E-state index contributed by atoms with van der Waals surface area (Å²) in [5.74, 6) is -3.07. The summed E-state index contributed by atoms with van der Waals surface area (Å²) in [5, 5.41) is 0. The number of rotatable bonds is 4. The monoisotopic (exact) mass is 436 g/mol. The molecule has 0 aromatic rings. The maximum absolute atomic E-state index is 12.5. The molecule has 2 saturated carbocycles. The van der Waals surface area contributed by atoms with Crippen LogP contribution in [0, 0.1) is 29.1 Å². The first-order valence-electron chi connectivity index (χ1n) is 10.8. The van der Waals surface area contributed by atoms with E-state index in [-0.39, 0.29) is 29.3 Å². The first kappa shape index (κ1) is 23.3. The fraction of sp³-hybridized carbons (Fsp3) is 0.739. The van der Waals surface area contributed by atoms with Crippen LogP contribution in [0.25, 0.3) is 0 Å². The van der Waals surface area contributed by atoms with Crippen molar-refractivity contribution in [2.75, 3.05) is 0 Å². The van der Waals surface area contributed by atoms with Gasteiger partial charge in [0.25, 0.3) is 0 Å². The highest BCUT2D eigenvalue weighted by Gasteiger charge is 2.67. The van der Waals surface area contributed by atoms with Gasteiger partial charge in [0, 0.05) is 37.2 Å². The zero-order chi connectivity index (χ0) is 23.2. The van der Waals surface area contributed by atoms with Gasteiger partial charge in [-0.2, -0.15) is 0 Å². The predicted molar refractivity (Wildman–Crippen MR) is 108 cm³/mol. The minimum atomic E-state index is -0.908. The Bertz CT molecular complexity index is 801. The van der Waals surface area contributed by atoms with Crippen molar-refractivity contribution in [2.24, 2.45) is 29.1 Å². The van der Waals surface area contributed by atoms with Crippen LogP contribution < -0.4 is 0 Å². The molecule has 1 heterocycles. The van der Waals surface area contributed by atoms with E-state index in [0.29, 0.717) is 12.8 Å². The zero-order valence-corrected chi connectivity index (χ0v) is 19.0. The molecule has 8 atom stereocenters. The molecule has 0 bridgehead atoms. The van der Waals surface area contributed by atoms with Gasteiger partial charge in [0.15, 0.2) is 0 Å². The van der Waals surface area contributed by atoms with Crippen molar-refractivity contribution >= 4 is 23.9 Å². The molecule has 0 spiro atoms. The van der Waals surface area contributed by atoms with Crippen LogP contribution in [0.3, 0.4) is 0 Å². The second kappa shape index (κ2) is 8.28. The second-order valence-corrected chi connectivity index (χ2v) is 9.59. The summed E-state index contributed by atoms with van der Waals surface area (Å²) in [4.78, 5) is 48.8. The van der Waals surface area contributed by atoms with E-state index in [9.17, 15) is 19.2 Å². The maximum atomic E-state index is 12.5. The van der Waals surface area contributed by atoms with Crippen LogP contribution in [-0.4, -0.2) is 48.3 Å². The summed E-state index contributed by atoms with van der Waals surface area (Å²) in [6.07, 6.45) is -1.75. The molecule has 0 amide bonds. The Balaban J connectivity index is 2.13. The fourth-order valence-corrected chi connectivity index (χ4v) is 5.86. The molecular formula is C23H32O8. The lowest BCUT2D eigenvalue weighted by Gasteiger charge is -2.44. The van der Waals surface area contributed by atoms with Gasteiger partial charge in [-0.15, -0.1) is 0 Å². The van der Waals surface area contributed by atoms with Crippen molar-refractivity contribution in [1.29, 1.82) is 0 Å². The molecule has 3 fully saturated rings. The Kier molecular flexibility index (Phi) is 6.22. The van der Waals surface area contributed by atoms with Gasteiger partial charge in [-0.25, -0.2) is 4.79 Å². The average molecular weight is 437 g/mol. The molecule has 31 heavy (non-hydrogen) atoms. The van der Waals surface area contributed by atoms with Gasteiger partial charge in [0.05, 0.1) is 11.8 Å². The van der Waals surface area contributed by atoms with E-state index in [1.54, 1.807) is 13.8 Å². The smallest absolute Gasteiger partial charge is 0.334 e. The molecule has 8 heteroatoms. The summed E-state index contributed by atoms with van der Waals surface area (Å²) >= 11 is 0. The quantitative estimate of drug-likeness (QED) is 0.376. The van der Waals surface area contributed by atoms with E-state index >= 15 is 0 Å². The standard InChI is InChI=1S/C23H32O8/c1-10(2)21(26)31-16-9-17(28-13(5)24)23(7)19(16)11(3)8-15-18(12(4)22(27)30-15)20(23)29-14(6)25/h10-11,15-20H,4,8-9H2,1-3,5-7H3/t11-,15?,16+,17-,18?,19?,20+,23-/m1/s1. The normalized spacial score (nSPS) is 39.3. The van der Waals surface area contributed by atoms with Crippen LogP contribution in [0.4, 0.5) is 0 Å². The van der Waals surface area contributed by atoms with E-state index in [4.69, 9.17) is 18.9 Å². The molecule has 172 valence electrons. The molecule has 3 aliphatic rings. The van der Waals surface area contributed by atoms with Gasteiger partial charge in [-0.1, -0.05) is 34.3 Å². The van der Waals surface area contributed by atoms with Crippen molar-refractivity contribution in [3.63, 3.8) is 0 Å². The van der Waals surface area contributed by atoms with Crippen LogP contribution in [0.5, 0.6) is 0 Å². The van der Waals surface area contributed by atoms with Crippen molar-refractivity contribution in [1.82, 2.24) is 0 Å². The van der Waals surface area contributed by atoms with Crippen molar-refractivity contribution in [3.05, 3.63) is 12.2 Å². The van der Waals surface area contributed by atoms with Crippen LogP contribution in [0.1, 0.15) is 54.4 Å². The molecule has 3 rings (SSSR count). The lowest BCUT2D eigenvalue weighted by atomic mass is 9.66. The van der Waals surface area contributed by atoms with Gasteiger partial charge in [-0.05, 0) is 12.3 Å². The SMILES string of the molecule is C=C1C(=O)OC2C[C@@H](C)C3[C@@H](OC(=O)C(C)C)C[C@@H](OC(C)=O)[C@@]3(C)[C@@H](OC(C)=O)C12.